The van der Waals surface area contributed by atoms with Crippen molar-refractivity contribution in [2.45, 2.75) is 33.7 Å². The van der Waals surface area contributed by atoms with E-state index in [1.165, 1.54) is 10.5 Å². The second-order valence-corrected chi connectivity index (χ2v) is 7.38. The summed E-state index contributed by atoms with van der Waals surface area (Å²) >= 11 is 0. The fourth-order valence-electron chi connectivity index (χ4n) is 3.84. The van der Waals surface area contributed by atoms with Crippen LogP contribution in [0.5, 0.6) is 0 Å². The maximum absolute atomic E-state index is 12.8. The first kappa shape index (κ1) is 18.4. The Morgan fingerprint density at radius 1 is 1.15 bits per heavy atom. The van der Waals surface area contributed by atoms with E-state index in [1.807, 2.05) is 25.3 Å². The first-order valence-corrected chi connectivity index (χ1v) is 9.40. The van der Waals surface area contributed by atoms with Crippen LogP contribution in [0.25, 0.3) is 0 Å². The summed E-state index contributed by atoms with van der Waals surface area (Å²) in [5.41, 5.74) is 4.44. The van der Waals surface area contributed by atoms with Gasteiger partial charge in [0.2, 0.25) is 0 Å². The summed E-state index contributed by atoms with van der Waals surface area (Å²) in [4.78, 5) is 19.8. The normalized spacial score (nSPS) is 16.4. The highest BCUT2D eigenvalue weighted by Gasteiger charge is 2.32. The van der Waals surface area contributed by atoms with Gasteiger partial charge in [0.05, 0.1) is 6.20 Å². The Kier molecular flexibility index (Phi) is 5.57. The summed E-state index contributed by atoms with van der Waals surface area (Å²) in [5, 5.41) is 3.17. The first-order chi connectivity index (χ1) is 12.5. The third-order valence-corrected chi connectivity index (χ3v) is 5.37. The van der Waals surface area contributed by atoms with Gasteiger partial charge in [-0.05, 0) is 44.9 Å². The molecule has 1 amide bonds. The fourth-order valence-corrected chi connectivity index (χ4v) is 3.84. The van der Waals surface area contributed by atoms with Gasteiger partial charge in [0.15, 0.2) is 6.04 Å². The molecule has 2 heterocycles. The van der Waals surface area contributed by atoms with Crippen molar-refractivity contribution >= 4 is 17.4 Å². The van der Waals surface area contributed by atoms with Crippen molar-refractivity contribution in [3.63, 3.8) is 0 Å². The number of aryl methyl sites for hydroxylation is 3. The molecule has 1 atom stereocenters. The second kappa shape index (κ2) is 7.87. The lowest BCUT2D eigenvalue weighted by atomic mass is 10.0. The van der Waals surface area contributed by atoms with E-state index in [2.05, 4.69) is 54.2 Å². The van der Waals surface area contributed by atoms with Gasteiger partial charge in [-0.2, -0.15) is 0 Å². The molecule has 0 aliphatic carbocycles. The Hall–Kier alpha value is -2.40. The molecule has 1 aromatic heterocycles. The second-order valence-electron chi connectivity index (χ2n) is 7.38. The Labute approximate surface area is 156 Å². The number of carbonyl (C=O) groups excluding carboxylic acids is 1. The molecule has 5 heteroatoms. The summed E-state index contributed by atoms with van der Waals surface area (Å²) in [6.07, 6.45) is 1.96. The summed E-state index contributed by atoms with van der Waals surface area (Å²) < 4.78 is 0. The number of nitrogens with zero attached hydrogens (tertiary/aromatic N) is 1. The van der Waals surface area contributed by atoms with Crippen LogP contribution < -0.4 is 20.1 Å². The molecule has 138 valence electrons. The molecule has 26 heavy (non-hydrogen) atoms. The number of nitrogens with one attached hydrogen (secondary N) is 3. The van der Waals surface area contributed by atoms with E-state index >= 15 is 0 Å². The van der Waals surface area contributed by atoms with Crippen molar-refractivity contribution in [3.8, 4) is 0 Å². The highest BCUT2D eigenvalue weighted by Crippen LogP contribution is 2.21. The number of carbonyl (C=O) groups is 1. The van der Waals surface area contributed by atoms with Gasteiger partial charge < -0.3 is 10.2 Å². The van der Waals surface area contributed by atoms with Gasteiger partial charge in [0, 0.05) is 11.8 Å². The topological polar surface area (TPSA) is 50.9 Å². The van der Waals surface area contributed by atoms with Gasteiger partial charge in [-0.1, -0.05) is 23.8 Å². The van der Waals surface area contributed by atoms with Crippen LogP contribution in [-0.4, -0.2) is 38.1 Å². The number of anilines is 2. The monoisotopic (exact) mass is 354 g/mol. The summed E-state index contributed by atoms with van der Waals surface area (Å²) in [7, 11) is 0. The molecular formula is C21H30N4O+2. The smallest absolute Gasteiger partial charge is 0.282 e. The molecule has 0 saturated carbocycles. The summed E-state index contributed by atoms with van der Waals surface area (Å²) in [6, 6.07) is 10.3. The number of amides is 1. The Morgan fingerprint density at radius 2 is 1.81 bits per heavy atom. The molecule has 5 nitrogen and oxygen atoms in total. The van der Waals surface area contributed by atoms with Crippen molar-refractivity contribution < 1.29 is 14.7 Å². The Bertz CT molecular complexity index is 744. The minimum absolute atomic E-state index is 0.0583. The highest BCUT2D eigenvalue weighted by atomic mass is 16.2. The van der Waals surface area contributed by atoms with Crippen LogP contribution in [0.4, 0.5) is 11.5 Å². The number of aromatic amines is 1. The molecule has 3 rings (SSSR count). The van der Waals surface area contributed by atoms with E-state index in [0.29, 0.717) is 0 Å². The first-order valence-electron chi connectivity index (χ1n) is 9.40. The van der Waals surface area contributed by atoms with E-state index in [4.69, 9.17) is 0 Å². The lowest BCUT2D eigenvalue weighted by Crippen LogP contribution is -3.19. The van der Waals surface area contributed by atoms with Crippen molar-refractivity contribution in [2.24, 2.45) is 0 Å². The van der Waals surface area contributed by atoms with Crippen molar-refractivity contribution in [1.82, 2.24) is 0 Å². The molecule has 0 unspecified atom stereocenters. The van der Waals surface area contributed by atoms with Crippen molar-refractivity contribution in [1.29, 1.82) is 0 Å². The third-order valence-electron chi connectivity index (χ3n) is 5.37. The average Bonchev–Trinajstić information content (AvgIpc) is 2.64. The molecular weight excluding hydrogens is 324 g/mol. The SMILES string of the molecule is Cc1cc(C)c(NC(=O)[C@@H](C)[NH+]2CCN(c3cccc[nH+]3)CC2)c(C)c1. The number of hydrogen-bond donors (Lipinski definition) is 2. The van der Waals surface area contributed by atoms with Crippen LogP contribution in [0.2, 0.25) is 0 Å². The lowest BCUT2D eigenvalue weighted by molar-refractivity contribution is -0.914. The molecule has 1 fully saturated rings. The molecule has 1 aliphatic heterocycles. The predicted molar refractivity (Wildman–Crippen MR) is 105 cm³/mol. The number of rotatable bonds is 4. The molecule has 0 radical (unpaired) electrons. The molecule has 3 N–H and O–H groups in total. The molecule has 0 spiro atoms. The van der Waals surface area contributed by atoms with Crippen LogP contribution in [0.3, 0.4) is 0 Å². The summed E-state index contributed by atoms with van der Waals surface area (Å²) in [6.45, 7) is 12.1. The minimum atomic E-state index is -0.0583. The largest absolute Gasteiger partial charge is 0.320 e. The molecule has 0 bridgehead atoms. The Balaban J connectivity index is 1.60. The molecule has 2 aromatic rings. The lowest BCUT2D eigenvalue weighted by Gasteiger charge is -2.31. The predicted octanol–water partition coefficient (Wildman–Crippen LogP) is 1.16. The van der Waals surface area contributed by atoms with Gasteiger partial charge in [-0.3, -0.25) is 9.69 Å². The number of benzene rings is 1. The number of hydrogen-bond acceptors (Lipinski definition) is 2. The highest BCUT2D eigenvalue weighted by molar-refractivity contribution is 5.95. The standard InChI is InChI=1S/C21H28N4O/c1-15-13-16(2)20(17(3)14-15)23-21(26)18(4)24-9-11-25(12-10-24)19-7-5-6-8-22-19/h5-8,13-14,18H,9-12H2,1-4H3,(H,23,26)/p+2/t18-/m1/s1. The fraction of sp³-hybridized carbons (Fsp3) is 0.429. The van der Waals surface area contributed by atoms with Gasteiger partial charge in [-0.15, -0.1) is 0 Å². The zero-order valence-electron chi connectivity index (χ0n) is 16.2. The van der Waals surface area contributed by atoms with Crippen LogP contribution in [0, 0.1) is 20.8 Å². The van der Waals surface area contributed by atoms with Crippen LogP contribution in [-0.2, 0) is 4.79 Å². The third kappa shape index (κ3) is 4.05. The number of piperazine rings is 1. The average molecular weight is 354 g/mol. The zero-order chi connectivity index (χ0) is 18.7. The van der Waals surface area contributed by atoms with Gasteiger partial charge in [0.25, 0.3) is 11.7 Å². The minimum Gasteiger partial charge on any atom is -0.320 e. The number of quaternary nitrogens is 1. The molecule has 1 aliphatic rings. The van der Waals surface area contributed by atoms with Gasteiger partial charge in [0.1, 0.15) is 26.2 Å². The Morgan fingerprint density at radius 3 is 2.38 bits per heavy atom. The van der Waals surface area contributed by atoms with E-state index in [1.54, 1.807) is 0 Å². The van der Waals surface area contributed by atoms with E-state index in [0.717, 1.165) is 48.8 Å². The quantitative estimate of drug-likeness (QED) is 0.866. The maximum Gasteiger partial charge on any atom is 0.282 e. The van der Waals surface area contributed by atoms with Crippen molar-refractivity contribution in [2.75, 3.05) is 36.4 Å². The number of pyridine rings is 1. The van der Waals surface area contributed by atoms with E-state index in [-0.39, 0.29) is 11.9 Å². The van der Waals surface area contributed by atoms with Crippen LogP contribution in [0.1, 0.15) is 23.6 Å². The molecule has 1 aromatic carbocycles. The van der Waals surface area contributed by atoms with E-state index < -0.39 is 0 Å². The van der Waals surface area contributed by atoms with Crippen LogP contribution in [0.15, 0.2) is 36.5 Å². The van der Waals surface area contributed by atoms with Crippen molar-refractivity contribution in [3.05, 3.63) is 53.2 Å². The van der Waals surface area contributed by atoms with E-state index in [9.17, 15) is 4.79 Å². The molecule has 1 saturated heterocycles. The number of H-pyrrole nitrogens is 1. The number of aromatic nitrogens is 1. The van der Waals surface area contributed by atoms with Gasteiger partial charge in [-0.25, -0.2) is 4.98 Å². The summed E-state index contributed by atoms with van der Waals surface area (Å²) in [5.74, 6) is 1.25. The van der Waals surface area contributed by atoms with Crippen LogP contribution >= 0.6 is 0 Å². The zero-order valence-corrected chi connectivity index (χ0v) is 16.2. The maximum atomic E-state index is 12.8. The van der Waals surface area contributed by atoms with Gasteiger partial charge >= 0.3 is 0 Å².